The van der Waals surface area contributed by atoms with Crippen LogP contribution in [-0.4, -0.2) is 28.3 Å². The number of rotatable bonds is 5. The molecule has 0 aromatic carbocycles. The van der Waals surface area contributed by atoms with E-state index in [1.165, 1.54) is 11.3 Å². The molecule has 0 unspecified atom stereocenters. The van der Waals surface area contributed by atoms with Crippen molar-refractivity contribution in [3.05, 3.63) is 11.1 Å². The Balaban J connectivity index is 2.39. The summed E-state index contributed by atoms with van der Waals surface area (Å²) >= 11 is 1.47. The molecule has 1 aromatic heterocycles. The molecule has 0 bridgehead atoms. The van der Waals surface area contributed by atoms with Crippen molar-refractivity contribution < 1.29 is 9.90 Å². The lowest BCUT2D eigenvalue weighted by Crippen LogP contribution is -2.40. The fourth-order valence-electron chi connectivity index (χ4n) is 1.17. The first kappa shape index (κ1) is 13.9. The van der Waals surface area contributed by atoms with Crippen LogP contribution in [0.4, 0.5) is 9.93 Å². The van der Waals surface area contributed by atoms with E-state index in [-0.39, 0.29) is 12.6 Å². The molecule has 2 amide bonds. The number of amides is 2. The van der Waals surface area contributed by atoms with Crippen LogP contribution in [0.1, 0.15) is 32.1 Å². The lowest BCUT2D eigenvalue weighted by Gasteiger charge is -2.17. The van der Waals surface area contributed by atoms with Crippen molar-refractivity contribution in [2.24, 2.45) is 0 Å². The number of carbonyl (C=O) groups excluding carboxylic acids is 1. The van der Waals surface area contributed by atoms with E-state index >= 15 is 0 Å². The zero-order chi connectivity index (χ0) is 12.9. The van der Waals surface area contributed by atoms with Gasteiger partial charge in [-0.15, -0.1) is 11.3 Å². The predicted octanol–water partition coefficient (Wildman–Crippen LogP) is 1.99. The van der Waals surface area contributed by atoms with Gasteiger partial charge in [0.05, 0.1) is 5.60 Å². The monoisotopic (exact) mass is 257 g/mol. The average Bonchev–Trinajstić information content (AvgIpc) is 2.62. The number of aliphatic hydroxyl groups is 1. The van der Waals surface area contributed by atoms with Gasteiger partial charge in [-0.1, -0.05) is 13.3 Å². The second-order valence-corrected chi connectivity index (χ2v) is 5.62. The summed E-state index contributed by atoms with van der Waals surface area (Å²) < 4.78 is 0. The number of nitrogens with zero attached hydrogens (tertiary/aromatic N) is 1. The summed E-state index contributed by atoms with van der Waals surface area (Å²) in [7, 11) is 0. The van der Waals surface area contributed by atoms with Crippen molar-refractivity contribution in [1.29, 1.82) is 0 Å². The molecular weight excluding hydrogens is 238 g/mol. The SMILES string of the molecule is CCCc1cnc(NC(=O)NCC(C)(C)O)s1. The standard InChI is InChI=1S/C11H19N3O2S/c1-4-5-8-6-12-10(17-8)14-9(15)13-7-11(2,3)16/h6,16H,4-5,7H2,1-3H3,(H2,12,13,14,15). The molecule has 1 heterocycles. The van der Waals surface area contributed by atoms with Gasteiger partial charge < -0.3 is 10.4 Å². The molecule has 0 fully saturated rings. The van der Waals surface area contributed by atoms with E-state index in [0.717, 1.165) is 17.7 Å². The van der Waals surface area contributed by atoms with E-state index in [1.54, 1.807) is 20.0 Å². The number of carbonyl (C=O) groups is 1. The van der Waals surface area contributed by atoms with E-state index in [2.05, 4.69) is 22.5 Å². The van der Waals surface area contributed by atoms with E-state index in [1.807, 2.05) is 0 Å². The molecule has 1 aromatic rings. The summed E-state index contributed by atoms with van der Waals surface area (Å²) in [5.41, 5.74) is -0.909. The van der Waals surface area contributed by atoms with Crippen LogP contribution >= 0.6 is 11.3 Å². The third-order valence-electron chi connectivity index (χ3n) is 1.95. The highest BCUT2D eigenvalue weighted by atomic mass is 32.1. The number of anilines is 1. The summed E-state index contributed by atoms with van der Waals surface area (Å²) in [4.78, 5) is 16.7. The number of aromatic nitrogens is 1. The van der Waals surface area contributed by atoms with Gasteiger partial charge in [0.15, 0.2) is 5.13 Å². The van der Waals surface area contributed by atoms with Crippen LogP contribution < -0.4 is 10.6 Å². The van der Waals surface area contributed by atoms with Gasteiger partial charge in [0.2, 0.25) is 0 Å². The van der Waals surface area contributed by atoms with Crippen molar-refractivity contribution in [2.75, 3.05) is 11.9 Å². The van der Waals surface area contributed by atoms with Crippen molar-refractivity contribution in [1.82, 2.24) is 10.3 Å². The van der Waals surface area contributed by atoms with Crippen molar-refractivity contribution in [3.63, 3.8) is 0 Å². The highest BCUT2D eigenvalue weighted by Crippen LogP contribution is 2.19. The van der Waals surface area contributed by atoms with Gasteiger partial charge in [-0.3, -0.25) is 5.32 Å². The second-order valence-electron chi connectivity index (χ2n) is 4.50. The fourth-order valence-corrected chi connectivity index (χ4v) is 2.07. The number of nitrogens with one attached hydrogen (secondary N) is 2. The van der Waals surface area contributed by atoms with Gasteiger partial charge >= 0.3 is 6.03 Å². The Morgan fingerprint density at radius 2 is 2.29 bits per heavy atom. The average molecular weight is 257 g/mol. The number of hydrogen-bond donors (Lipinski definition) is 3. The summed E-state index contributed by atoms with van der Waals surface area (Å²) in [5.74, 6) is 0. The number of aryl methyl sites for hydroxylation is 1. The molecule has 0 saturated heterocycles. The zero-order valence-corrected chi connectivity index (χ0v) is 11.2. The molecule has 0 saturated carbocycles. The second kappa shape index (κ2) is 5.97. The van der Waals surface area contributed by atoms with Gasteiger partial charge in [-0.05, 0) is 20.3 Å². The largest absolute Gasteiger partial charge is 0.389 e. The molecule has 0 spiro atoms. The van der Waals surface area contributed by atoms with Crippen LogP contribution in [0.25, 0.3) is 0 Å². The first-order chi connectivity index (χ1) is 7.90. The minimum absolute atomic E-state index is 0.200. The van der Waals surface area contributed by atoms with Crippen LogP contribution in [-0.2, 0) is 6.42 Å². The molecule has 17 heavy (non-hydrogen) atoms. The van der Waals surface area contributed by atoms with Crippen molar-refractivity contribution >= 4 is 22.5 Å². The highest BCUT2D eigenvalue weighted by molar-refractivity contribution is 7.15. The maximum Gasteiger partial charge on any atom is 0.321 e. The van der Waals surface area contributed by atoms with Crippen LogP contribution in [0.15, 0.2) is 6.20 Å². The lowest BCUT2D eigenvalue weighted by molar-refractivity contribution is 0.0826. The Hall–Kier alpha value is -1.14. The Bertz CT molecular complexity index is 371. The zero-order valence-electron chi connectivity index (χ0n) is 10.4. The van der Waals surface area contributed by atoms with E-state index in [4.69, 9.17) is 0 Å². The van der Waals surface area contributed by atoms with Gasteiger partial charge in [-0.2, -0.15) is 0 Å². The Labute approximate surface area is 105 Å². The maximum absolute atomic E-state index is 11.5. The fraction of sp³-hybridized carbons (Fsp3) is 0.636. The summed E-state index contributed by atoms with van der Waals surface area (Å²) in [5, 5.41) is 15.3. The van der Waals surface area contributed by atoms with E-state index in [0.29, 0.717) is 5.13 Å². The minimum Gasteiger partial charge on any atom is -0.389 e. The number of urea groups is 1. The summed E-state index contributed by atoms with van der Waals surface area (Å²) in [6.07, 6.45) is 3.82. The van der Waals surface area contributed by atoms with E-state index < -0.39 is 5.60 Å². The quantitative estimate of drug-likeness (QED) is 0.755. The molecule has 0 radical (unpaired) electrons. The Morgan fingerprint density at radius 1 is 1.59 bits per heavy atom. The van der Waals surface area contributed by atoms with Crippen LogP contribution in [0.5, 0.6) is 0 Å². The number of thiazole rings is 1. The molecule has 3 N–H and O–H groups in total. The Morgan fingerprint density at radius 3 is 2.88 bits per heavy atom. The summed E-state index contributed by atoms with van der Waals surface area (Å²) in [6, 6.07) is -0.343. The third-order valence-corrected chi connectivity index (χ3v) is 2.92. The predicted molar refractivity (Wildman–Crippen MR) is 69.4 cm³/mol. The number of hydrogen-bond acceptors (Lipinski definition) is 4. The van der Waals surface area contributed by atoms with Gasteiger partial charge in [0.1, 0.15) is 0 Å². The lowest BCUT2D eigenvalue weighted by atomic mass is 10.1. The molecule has 5 nitrogen and oxygen atoms in total. The normalized spacial score (nSPS) is 11.3. The molecule has 0 aliphatic heterocycles. The summed E-state index contributed by atoms with van der Waals surface area (Å²) in [6.45, 7) is 5.57. The van der Waals surface area contributed by atoms with Crippen LogP contribution in [0, 0.1) is 0 Å². The van der Waals surface area contributed by atoms with E-state index in [9.17, 15) is 9.90 Å². The molecular formula is C11H19N3O2S. The van der Waals surface area contributed by atoms with Crippen molar-refractivity contribution in [2.45, 2.75) is 39.2 Å². The van der Waals surface area contributed by atoms with Gasteiger partial charge in [0.25, 0.3) is 0 Å². The minimum atomic E-state index is -0.909. The first-order valence-corrected chi connectivity index (χ1v) is 6.44. The van der Waals surface area contributed by atoms with Gasteiger partial charge in [0, 0.05) is 17.6 Å². The Kier molecular flexibility index (Phi) is 4.89. The maximum atomic E-state index is 11.5. The highest BCUT2D eigenvalue weighted by Gasteiger charge is 2.14. The van der Waals surface area contributed by atoms with Crippen molar-refractivity contribution in [3.8, 4) is 0 Å². The van der Waals surface area contributed by atoms with Crippen LogP contribution in [0.3, 0.4) is 0 Å². The third kappa shape index (κ3) is 5.65. The molecule has 6 heteroatoms. The smallest absolute Gasteiger partial charge is 0.321 e. The molecule has 1 rings (SSSR count). The molecule has 96 valence electrons. The molecule has 0 atom stereocenters. The molecule has 0 aliphatic rings. The van der Waals surface area contributed by atoms with Gasteiger partial charge in [-0.25, -0.2) is 9.78 Å². The first-order valence-electron chi connectivity index (χ1n) is 5.62. The molecule has 0 aliphatic carbocycles. The van der Waals surface area contributed by atoms with Crippen LogP contribution in [0.2, 0.25) is 0 Å². The topological polar surface area (TPSA) is 74.2 Å².